The quantitative estimate of drug-likeness (QED) is 0.787. The Morgan fingerprint density at radius 3 is 2.52 bits per heavy atom. The molecule has 2 aromatic rings. The van der Waals surface area contributed by atoms with Gasteiger partial charge in [-0.15, -0.1) is 11.3 Å². The van der Waals surface area contributed by atoms with Crippen molar-refractivity contribution in [1.82, 2.24) is 10.3 Å². The highest BCUT2D eigenvalue weighted by Gasteiger charge is 2.07. The summed E-state index contributed by atoms with van der Waals surface area (Å²) >= 11 is 1.70. The highest BCUT2D eigenvalue weighted by Crippen LogP contribution is 2.21. The van der Waals surface area contributed by atoms with Crippen LogP contribution in [0.15, 0.2) is 29.6 Å². The lowest BCUT2D eigenvalue weighted by atomic mass is 10.0. The number of hydrogen-bond acceptors (Lipinski definition) is 4. The molecule has 21 heavy (non-hydrogen) atoms. The summed E-state index contributed by atoms with van der Waals surface area (Å²) in [6, 6.07) is 8.80. The molecule has 0 aliphatic carbocycles. The van der Waals surface area contributed by atoms with Gasteiger partial charge in [0.1, 0.15) is 12.4 Å². The molecule has 1 unspecified atom stereocenters. The normalized spacial score (nSPS) is 12.3. The maximum absolute atomic E-state index is 5.80. The average molecular weight is 304 g/mol. The van der Waals surface area contributed by atoms with Gasteiger partial charge < -0.3 is 10.1 Å². The minimum Gasteiger partial charge on any atom is -0.487 e. The molecule has 0 saturated heterocycles. The van der Waals surface area contributed by atoms with E-state index in [0.29, 0.717) is 12.6 Å². The fourth-order valence-electron chi connectivity index (χ4n) is 2.28. The minimum absolute atomic E-state index is 0.426. The van der Waals surface area contributed by atoms with Crippen LogP contribution >= 0.6 is 11.3 Å². The van der Waals surface area contributed by atoms with E-state index in [1.807, 2.05) is 12.1 Å². The van der Waals surface area contributed by atoms with Crippen molar-refractivity contribution in [2.45, 2.75) is 46.3 Å². The van der Waals surface area contributed by atoms with Crippen molar-refractivity contribution in [3.05, 3.63) is 45.9 Å². The maximum atomic E-state index is 5.80. The molecule has 0 radical (unpaired) electrons. The Bertz CT molecular complexity index is 536. The predicted molar refractivity (Wildman–Crippen MR) is 89.0 cm³/mol. The van der Waals surface area contributed by atoms with Crippen LogP contribution in [0.3, 0.4) is 0 Å². The number of nitrogens with one attached hydrogen (secondary N) is 1. The third kappa shape index (κ3) is 4.55. The Morgan fingerprint density at radius 1 is 1.19 bits per heavy atom. The van der Waals surface area contributed by atoms with Gasteiger partial charge in [0.05, 0.1) is 10.7 Å². The molecule has 1 atom stereocenters. The number of nitrogens with zero attached hydrogens (tertiary/aromatic N) is 1. The molecule has 0 spiro atoms. The van der Waals surface area contributed by atoms with Crippen molar-refractivity contribution in [3.63, 3.8) is 0 Å². The summed E-state index contributed by atoms with van der Waals surface area (Å²) in [5.41, 5.74) is 2.33. The first-order valence-corrected chi connectivity index (χ1v) is 8.54. The van der Waals surface area contributed by atoms with E-state index < -0.39 is 0 Å². The van der Waals surface area contributed by atoms with Crippen molar-refractivity contribution in [3.8, 4) is 5.75 Å². The largest absolute Gasteiger partial charge is 0.487 e. The van der Waals surface area contributed by atoms with Crippen molar-refractivity contribution in [2.24, 2.45) is 0 Å². The summed E-state index contributed by atoms with van der Waals surface area (Å²) < 4.78 is 5.80. The first-order chi connectivity index (χ1) is 10.3. The molecule has 0 aliphatic rings. The van der Waals surface area contributed by atoms with Gasteiger partial charge in [-0.2, -0.15) is 0 Å². The summed E-state index contributed by atoms with van der Waals surface area (Å²) in [6.07, 6.45) is 2.08. The monoisotopic (exact) mass is 304 g/mol. The second-order valence-electron chi connectivity index (χ2n) is 4.96. The molecule has 1 heterocycles. The van der Waals surface area contributed by atoms with E-state index in [0.717, 1.165) is 30.8 Å². The zero-order chi connectivity index (χ0) is 15.1. The lowest BCUT2D eigenvalue weighted by molar-refractivity contribution is 0.301. The molecule has 0 fully saturated rings. The van der Waals surface area contributed by atoms with Crippen molar-refractivity contribution in [2.75, 3.05) is 6.54 Å². The van der Waals surface area contributed by atoms with Crippen molar-refractivity contribution in [1.29, 1.82) is 0 Å². The second kappa shape index (κ2) is 8.15. The Morgan fingerprint density at radius 2 is 1.95 bits per heavy atom. The average Bonchev–Trinajstić information content (AvgIpc) is 2.99. The SMILES string of the molecule is CCNC(CC)c1ccc(OCc2csc(CC)n2)cc1. The molecule has 1 aromatic carbocycles. The minimum atomic E-state index is 0.426. The molecule has 3 nitrogen and oxygen atoms in total. The number of aryl methyl sites for hydroxylation is 1. The van der Waals surface area contributed by atoms with E-state index >= 15 is 0 Å². The summed E-state index contributed by atoms with van der Waals surface area (Å²) in [5.74, 6) is 0.899. The zero-order valence-electron chi connectivity index (χ0n) is 13.1. The lowest BCUT2D eigenvalue weighted by Crippen LogP contribution is -2.19. The van der Waals surface area contributed by atoms with Gasteiger partial charge in [-0.25, -0.2) is 4.98 Å². The molecule has 4 heteroatoms. The van der Waals surface area contributed by atoms with Crippen LogP contribution < -0.4 is 10.1 Å². The van der Waals surface area contributed by atoms with Gasteiger partial charge >= 0.3 is 0 Å². The molecular formula is C17H24N2OS. The van der Waals surface area contributed by atoms with Crippen LogP contribution in [0.4, 0.5) is 0 Å². The summed E-state index contributed by atoms with van der Waals surface area (Å²) in [5, 5.41) is 6.73. The van der Waals surface area contributed by atoms with Crippen LogP contribution in [0.25, 0.3) is 0 Å². The van der Waals surface area contributed by atoms with Crippen molar-refractivity contribution < 1.29 is 4.74 Å². The topological polar surface area (TPSA) is 34.1 Å². The van der Waals surface area contributed by atoms with Gasteiger partial charge in [0, 0.05) is 11.4 Å². The van der Waals surface area contributed by atoms with E-state index in [1.165, 1.54) is 10.6 Å². The molecule has 0 saturated carbocycles. The number of aromatic nitrogens is 1. The third-order valence-corrected chi connectivity index (χ3v) is 4.47. The molecule has 0 bridgehead atoms. The third-order valence-electron chi connectivity index (χ3n) is 3.43. The van der Waals surface area contributed by atoms with Gasteiger partial charge in [-0.1, -0.05) is 32.9 Å². The lowest BCUT2D eigenvalue weighted by Gasteiger charge is -2.16. The van der Waals surface area contributed by atoms with E-state index in [-0.39, 0.29) is 0 Å². The van der Waals surface area contributed by atoms with Crippen LogP contribution in [0.1, 0.15) is 49.5 Å². The van der Waals surface area contributed by atoms with E-state index in [4.69, 9.17) is 4.74 Å². The number of benzene rings is 1. The zero-order valence-corrected chi connectivity index (χ0v) is 13.9. The highest BCUT2D eigenvalue weighted by molar-refractivity contribution is 7.09. The number of rotatable bonds is 8. The molecule has 1 aromatic heterocycles. The first kappa shape index (κ1) is 16.0. The number of thiazole rings is 1. The Balaban J connectivity index is 1.92. The molecule has 2 rings (SSSR count). The highest BCUT2D eigenvalue weighted by atomic mass is 32.1. The van der Waals surface area contributed by atoms with Crippen LogP contribution in [0.5, 0.6) is 5.75 Å². The number of hydrogen-bond donors (Lipinski definition) is 1. The molecule has 114 valence electrons. The smallest absolute Gasteiger partial charge is 0.131 e. The molecule has 1 N–H and O–H groups in total. The fourth-order valence-corrected chi connectivity index (χ4v) is 3.00. The fraction of sp³-hybridized carbons (Fsp3) is 0.471. The van der Waals surface area contributed by atoms with Gasteiger partial charge in [0.25, 0.3) is 0 Å². The van der Waals surface area contributed by atoms with Gasteiger partial charge in [0.15, 0.2) is 0 Å². The van der Waals surface area contributed by atoms with Crippen LogP contribution in [-0.4, -0.2) is 11.5 Å². The number of ether oxygens (including phenoxy) is 1. The van der Waals surface area contributed by atoms with E-state index in [2.05, 4.69) is 48.6 Å². The maximum Gasteiger partial charge on any atom is 0.131 e. The van der Waals surface area contributed by atoms with Gasteiger partial charge in [0.2, 0.25) is 0 Å². The summed E-state index contributed by atoms with van der Waals surface area (Å²) in [7, 11) is 0. The van der Waals surface area contributed by atoms with E-state index in [9.17, 15) is 0 Å². The van der Waals surface area contributed by atoms with Crippen LogP contribution in [0.2, 0.25) is 0 Å². The summed E-state index contributed by atoms with van der Waals surface area (Å²) in [4.78, 5) is 4.51. The van der Waals surface area contributed by atoms with Crippen LogP contribution in [0, 0.1) is 0 Å². The Kier molecular flexibility index (Phi) is 6.21. The Hall–Kier alpha value is -1.39. The van der Waals surface area contributed by atoms with Crippen LogP contribution in [-0.2, 0) is 13.0 Å². The second-order valence-corrected chi connectivity index (χ2v) is 5.91. The van der Waals surface area contributed by atoms with Gasteiger partial charge in [-0.05, 0) is 37.1 Å². The summed E-state index contributed by atoms with van der Waals surface area (Å²) in [6.45, 7) is 7.99. The van der Waals surface area contributed by atoms with Gasteiger partial charge in [-0.3, -0.25) is 0 Å². The molecule has 0 amide bonds. The van der Waals surface area contributed by atoms with E-state index in [1.54, 1.807) is 11.3 Å². The molecular weight excluding hydrogens is 280 g/mol. The molecule has 0 aliphatic heterocycles. The standard InChI is InChI=1S/C17H24N2OS/c1-4-16(18-6-3)13-7-9-15(10-8-13)20-11-14-12-21-17(5-2)19-14/h7-10,12,16,18H,4-6,11H2,1-3H3. The van der Waals surface area contributed by atoms with Crippen molar-refractivity contribution >= 4 is 11.3 Å². The Labute approximate surface area is 131 Å². The first-order valence-electron chi connectivity index (χ1n) is 7.66. The predicted octanol–water partition coefficient (Wildman–Crippen LogP) is 4.35.